The first-order valence-electron chi connectivity index (χ1n) is 9.33. The van der Waals surface area contributed by atoms with Crippen LogP contribution in [0.3, 0.4) is 0 Å². The van der Waals surface area contributed by atoms with E-state index in [2.05, 4.69) is 17.0 Å². The monoisotopic (exact) mass is 391 g/mol. The number of rotatable bonds is 3. The summed E-state index contributed by atoms with van der Waals surface area (Å²) in [5, 5.41) is -0.826. The first-order chi connectivity index (χ1) is 12.7. The van der Waals surface area contributed by atoms with Gasteiger partial charge in [0, 0.05) is 32.7 Å². The second kappa shape index (κ2) is 6.31. The molecule has 0 bridgehead atoms. The Kier molecular flexibility index (Phi) is 4.31. The maximum atomic E-state index is 13.2. The molecule has 2 atom stereocenters. The van der Waals surface area contributed by atoms with E-state index in [-0.39, 0.29) is 18.2 Å². The summed E-state index contributed by atoms with van der Waals surface area (Å²) in [7, 11) is -3.54. The van der Waals surface area contributed by atoms with E-state index >= 15 is 0 Å². The molecule has 3 aliphatic rings. The fourth-order valence-corrected chi connectivity index (χ4v) is 6.50. The van der Waals surface area contributed by atoms with Gasteiger partial charge < -0.3 is 9.80 Å². The number of carbonyl (C=O) groups excluding carboxylic acids is 2. The molecule has 7 nitrogen and oxygen atoms in total. The first kappa shape index (κ1) is 18.4. The van der Waals surface area contributed by atoms with Crippen LogP contribution in [0, 0.1) is 0 Å². The summed E-state index contributed by atoms with van der Waals surface area (Å²) in [5.74, 6) is -0.478. The van der Waals surface area contributed by atoms with Crippen molar-refractivity contribution < 1.29 is 18.0 Å². The van der Waals surface area contributed by atoms with Gasteiger partial charge in [-0.1, -0.05) is 30.3 Å². The minimum absolute atomic E-state index is 0.000394. The van der Waals surface area contributed by atoms with Gasteiger partial charge in [0.25, 0.3) is 0 Å². The van der Waals surface area contributed by atoms with E-state index in [0.717, 1.165) is 19.6 Å². The van der Waals surface area contributed by atoms with Crippen molar-refractivity contribution in [3.63, 3.8) is 0 Å². The highest BCUT2D eigenvalue weighted by molar-refractivity contribution is 7.93. The largest absolute Gasteiger partial charge is 0.338 e. The van der Waals surface area contributed by atoms with E-state index in [1.165, 1.54) is 10.5 Å². The maximum absolute atomic E-state index is 13.2. The predicted molar refractivity (Wildman–Crippen MR) is 100 cm³/mol. The van der Waals surface area contributed by atoms with E-state index in [0.29, 0.717) is 13.1 Å². The number of benzene rings is 1. The Hall–Kier alpha value is -1.93. The van der Waals surface area contributed by atoms with Crippen LogP contribution in [0.4, 0.5) is 0 Å². The van der Waals surface area contributed by atoms with Gasteiger partial charge in [0.15, 0.2) is 9.84 Å². The molecule has 0 saturated carbocycles. The molecule has 0 N–H and O–H groups in total. The summed E-state index contributed by atoms with van der Waals surface area (Å²) < 4.78 is 24.2. The summed E-state index contributed by atoms with van der Waals surface area (Å²) >= 11 is 0. The van der Waals surface area contributed by atoms with Crippen LogP contribution >= 0.6 is 0 Å². The zero-order valence-corrected chi connectivity index (χ0v) is 16.5. The molecule has 3 heterocycles. The van der Waals surface area contributed by atoms with Gasteiger partial charge in [-0.3, -0.25) is 14.5 Å². The topological polar surface area (TPSA) is 78.0 Å². The molecular formula is C19H25N3O4S. The molecule has 2 amide bonds. The SMILES string of the molecule is CC1(C)[C@@H](C(=O)N2CCN(Cc3ccccc3)CC2)N2C(=O)C[C@H]2S1(=O)=O. The molecule has 0 radical (unpaired) electrons. The zero-order valence-electron chi connectivity index (χ0n) is 15.7. The molecule has 1 aromatic carbocycles. The molecule has 0 aliphatic carbocycles. The molecule has 4 rings (SSSR count). The Morgan fingerprint density at radius 2 is 1.74 bits per heavy atom. The van der Waals surface area contributed by atoms with Crippen LogP contribution in [-0.2, 0) is 26.0 Å². The molecule has 3 fully saturated rings. The van der Waals surface area contributed by atoms with Crippen LogP contribution in [0.5, 0.6) is 0 Å². The van der Waals surface area contributed by atoms with Crippen LogP contribution in [-0.4, -0.2) is 77.3 Å². The van der Waals surface area contributed by atoms with Gasteiger partial charge in [0.2, 0.25) is 11.8 Å². The predicted octanol–water partition coefficient (Wildman–Crippen LogP) is 0.465. The van der Waals surface area contributed by atoms with Gasteiger partial charge >= 0.3 is 0 Å². The molecule has 1 aromatic rings. The molecule has 27 heavy (non-hydrogen) atoms. The van der Waals surface area contributed by atoms with Gasteiger partial charge in [-0.25, -0.2) is 8.42 Å². The van der Waals surface area contributed by atoms with E-state index in [9.17, 15) is 18.0 Å². The van der Waals surface area contributed by atoms with Gasteiger partial charge in [-0.2, -0.15) is 0 Å². The van der Waals surface area contributed by atoms with Gasteiger partial charge in [-0.15, -0.1) is 0 Å². The first-order valence-corrected chi connectivity index (χ1v) is 10.9. The summed E-state index contributed by atoms with van der Waals surface area (Å²) in [6.45, 7) is 6.54. The lowest BCUT2D eigenvalue weighted by atomic mass is 9.96. The summed E-state index contributed by atoms with van der Waals surface area (Å²) in [4.78, 5) is 30.5. The summed E-state index contributed by atoms with van der Waals surface area (Å²) in [5.41, 5.74) is 1.23. The van der Waals surface area contributed by atoms with Crippen molar-refractivity contribution >= 4 is 21.7 Å². The van der Waals surface area contributed by atoms with Gasteiger partial charge in [0.1, 0.15) is 11.4 Å². The lowest BCUT2D eigenvalue weighted by Crippen LogP contribution is -2.62. The van der Waals surface area contributed by atoms with E-state index in [1.807, 2.05) is 18.2 Å². The van der Waals surface area contributed by atoms with Crippen molar-refractivity contribution in [2.24, 2.45) is 0 Å². The fraction of sp³-hybridized carbons (Fsp3) is 0.579. The number of carbonyl (C=O) groups is 2. The molecule has 3 saturated heterocycles. The second-order valence-electron chi connectivity index (χ2n) is 8.10. The second-order valence-corrected chi connectivity index (χ2v) is 10.8. The Morgan fingerprint density at radius 1 is 1.11 bits per heavy atom. The lowest BCUT2D eigenvalue weighted by molar-refractivity contribution is -0.154. The van der Waals surface area contributed by atoms with E-state index in [1.54, 1.807) is 18.7 Å². The van der Waals surface area contributed by atoms with Crippen LogP contribution in [0.15, 0.2) is 30.3 Å². The average Bonchev–Trinajstić information content (AvgIpc) is 2.76. The van der Waals surface area contributed by atoms with Crippen molar-refractivity contribution in [3.05, 3.63) is 35.9 Å². The number of fused-ring (bicyclic) bond motifs is 1. The van der Waals surface area contributed by atoms with Crippen molar-refractivity contribution in [2.45, 2.75) is 43.0 Å². The Bertz CT molecular complexity index is 860. The lowest BCUT2D eigenvalue weighted by Gasteiger charge is -2.41. The number of nitrogens with zero attached hydrogens (tertiary/aromatic N) is 3. The minimum Gasteiger partial charge on any atom is -0.338 e. The van der Waals surface area contributed by atoms with Gasteiger partial charge in [-0.05, 0) is 19.4 Å². The number of sulfone groups is 1. The smallest absolute Gasteiger partial charge is 0.247 e. The van der Waals surface area contributed by atoms with Crippen LogP contribution in [0.2, 0.25) is 0 Å². The highest BCUT2D eigenvalue weighted by Gasteiger charge is 2.68. The third-order valence-electron chi connectivity index (χ3n) is 6.14. The Balaban J connectivity index is 1.44. The normalized spacial score (nSPS) is 29.3. The number of β-lactam (4-membered cyclic amide) rings is 1. The standard InChI is InChI=1S/C19H25N3O4S/c1-19(2)17(22-15(23)12-16(22)27(19,25)26)18(24)21-10-8-20(9-11-21)13-14-6-4-3-5-7-14/h3-7,16-17H,8-13H2,1-2H3/t16-,17-/m1/s1. The van der Waals surface area contributed by atoms with E-state index < -0.39 is 26.0 Å². The van der Waals surface area contributed by atoms with Gasteiger partial charge in [0.05, 0.1) is 11.2 Å². The molecule has 3 aliphatic heterocycles. The number of piperazine rings is 1. The highest BCUT2D eigenvalue weighted by Crippen LogP contribution is 2.46. The number of hydrogen-bond donors (Lipinski definition) is 0. The zero-order chi connectivity index (χ0) is 19.4. The van der Waals surface area contributed by atoms with Crippen LogP contribution in [0.25, 0.3) is 0 Å². The Morgan fingerprint density at radius 3 is 2.33 bits per heavy atom. The molecule has 146 valence electrons. The molecule has 0 aromatic heterocycles. The minimum atomic E-state index is -3.54. The van der Waals surface area contributed by atoms with Crippen molar-refractivity contribution in [2.75, 3.05) is 26.2 Å². The quantitative estimate of drug-likeness (QED) is 0.700. The van der Waals surface area contributed by atoms with E-state index in [4.69, 9.17) is 0 Å². The summed E-state index contributed by atoms with van der Waals surface area (Å²) in [6.07, 6.45) is 0.000394. The third-order valence-corrected chi connectivity index (χ3v) is 8.94. The molecule has 8 heteroatoms. The number of amides is 2. The van der Waals surface area contributed by atoms with Crippen LogP contribution in [0.1, 0.15) is 25.8 Å². The molecule has 0 spiro atoms. The summed E-state index contributed by atoms with van der Waals surface area (Å²) in [6, 6.07) is 9.27. The van der Waals surface area contributed by atoms with Crippen molar-refractivity contribution in [1.82, 2.24) is 14.7 Å². The molecule has 0 unspecified atom stereocenters. The third kappa shape index (κ3) is 2.77. The Labute approximate surface area is 159 Å². The fourth-order valence-electron chi connectivity index (χ4n) is 4.37. The average molecular weight is 391 g/mol. The van der Waals surface area contributed by atoms with Crippen LogP contribution < -0.4 is 0 Å². The number of hydrogen-bond acceptors (Lipinski definition) is 5. The maximum Gasteiger partial charge on any atom is 0.247 e. The van der Waals surface area contributed by atoms with Crippen molar-refractivity contribution in [3.8, 4) is 0 Å². The van der Waals surface area contributed by atoms with Crippen molar-refractivity contribution in [1.29, 1.82) is 0 Å². The highest BCUT2D eigenvalue weighted by atomic mass is 32.2. The molecular weight excluding hydrogens is 366 g/mol.